The molecule has 1 aromatic carbocycles. The van der Waals surface area contributed by atoms with Crippen molar-refractivity contribution in [3.63, 3.8) is 0 Å². The van der Waals surface area contributed by atoms with Crippen LogP contribution in [-0.4, -0.2) is 36.6 Å². The van der Waals surface area contributed by atoms with Crippen molar-refractivity contribution in [2.45, 2.75) is 33.1 Å². The minimum Gasteiger partial charge on any atom is -0.449 e. The Morgan fingerprint density at radius 3 is 2.29 bits per heavy atom. The molecule has 0 atom stereocenters. The number of rotatable bonds is 8. The number of nitrogens with zero attached hydrogens (tertiary/aromatic N) is 1. The molecule has 21 heavy (non-hydrogen) atoms. The van der Waals surface area contributed by atoms with Gasteiger partial charge in [0.25, 0.3) is 0 Å². The van der Waals surface area contributed by atoms with Crippen LogP contribution in [0.2, 0.25) is 0 Å². The zero-order valence-corrected chi connectivity index (χ0v) is 12.8. The molecule has 0 bridgehead atoms. The molecule has 0 aromatic heterocycles. The topological polar surface area (TPSA) is 58.6 Å². The number of anilines is 1. The van der Waals surface area contributed by atoms with Gasteiger partial charge < -0.3 is 15.0 Å². The van der Waals surface area contributed by atoms with Crippen LogP contribution in [0.5, 0.6) is 0 Å². The van der Waals surface area contributed by atoms with Gasteiger partial charge in [0.15, 0.2) is 0 Å². The average Bonchev–Trinajstić information content (AvgIpc) is 2.48. The number of carbonyl (C=O) groups excluding carboxylic acids is 2. The Balaban J connectivity index is 2.28. The van der Waals surface area contributed by atoms with Crippen molar-refractivity contribution in [3.8, 4) is 0 Å². The van der Waals surface area contributed by atoms with Crippen molar-refractivity contribution >= 4 is 17.7 Å². The van der Waals surface area contributed by atoms with Gasteiger partial charge in [0, 0.05) is 18.8 Å². The van der Waals surface area contributed by atoms with E-state index in [0.29, 0.717) is 13.1 Å². The maximum atomic E-state index is 11.8. The van der Waals surface area contributed by atoms with Crippen LogP contribution in [0.15, 0.2) is 30.3 Å². The van der Waals surface area contributed by atoms with E-state index in [1.807, 2.05) is 44.2 Å². The summed E-state index contributed by atoms with van der Waals surface area (Å²) in [5.41, 5.74) is 0.743. The highest BCUT2D eigenvalue weighted by molar-refractivity contribution is 5.90. The van der Waals surface area contributed by atoms with E-state index in [1.165, 1.54) is 0 Å². The predicted molar refractivity (Wildman–Crippen MR) is 83.2 cm³/mol. The minimum atomic E-state index is -0.341. The molecule has 0 spiro atoms. The van der Waals surface area contributed by atoms with Crippen molar-refractivity contribution in [1.82, 2.24) is 4.90 Å². The third-order valence-corrected chi connectivity index (χ3v) is 2.86. The van der Waals surface area contributed by atoms with Gasteiger partial charge in [-0.1, -0.05) is 32.0 Å². The van der Waals surface area contributed by atoms with Gasteiger partial charge in [0.1, 0.15) is 6.61 Å². The molecule has 1 N–H and O–H groups in total. The summed E-state index contributed by atoms with van der Waals surface area (Å²) in [4.78, 5) is 25.2. The predicted octanol–water partition coefficient (Wildman–Crippen LogP) is 3.27. The zero-order chi connectivity index (χ0) is 15.5. The molecular weight excluding hydrogens is 268 g/mol. The molecule has 0 unspecified atom stereocenters. The first kappa shape index (κ1) is 17.0. The fourth-order valence-electron chi connectivity index (χ4n) is 1.90. The zero-order valence-electron chi connectivity index (χ0n) is 12.8. The second kappa shape index (κ2) is 9.80. The van der Waals surface area contributed by atoms with E-state index in [4.69, 9.17) is 4.74 Å². The molecule has 0 aliphatic heterocycles. The molecule has 0 fully saturated rings. The van der Waals surface area contributed by atoms with Crippen molar-refractivity contribution in [1.29, 1.82) is 0 Å². The first-order valence-corrected chi connectivity index (χ1v) is 7.44. The summed E-state index contributed by atoms with van der Waals surface area (Å²) in [6, 6.07) is 9.21. The fourth-order valence-corrected chi connectivity index (χ4v) is 1.90. The maximum Gasteiger partial charge on any atom is 0.409 e. The Labute approximate surface area is 126 Å². The summed E-state index contributed by atoms with van der Waals surface area (Å²) >= 11 is 0. The standard InChI is InChI=1S/C16H24N2O3/c1-3-11-18(12-4-2)16(20)21-13-10-15(19)17-14-8-6-5-7-9-14/h5-9H,3-4,10-13H2,1-2H3,(H,17,19). The number of nitrogens with one attached hydrogen (secondary N) is 1. The molecule has 116 valence electrons. The second-order valence-electron chi connectivity index (χ2n) is 4.77. The number of amides is 2. The second-order valence-corrected chi connectivity index (χ2v) is 4.77. The van der Waals surface area contributed by atoms with Crippen LogP contribution in [0.25, 0.3) is 0 Å². The average molecular weight is 292 g/mol. The molecule has 0 radical (unpaired) electrons. The molecule has 0 aliphatic rings. The summed E-state index contributed by atoms with van der Waals surface area (Å²) in [5.74, 6) is -0.161. The number of ether oxygens (including phenoxy) is 1. The Hall–Kier alpha value is -2.04. The quantitative estimate of drug-likeness (QED) is 0.800. The van der Waals surface area contributed by atoms with Crippen LogP contribution in [0.3, 0.4) is 0 Å². The molecule has 0 heterocycles. The van der Waals surface area contributed by atoms with Crippen molar-refractivity contribution < 1.29 is 14.3 Å². The number of hydrogen-bond donors (Lipinski definition) is 1. The van der Waals surface area contributed by atoms with E-state index in [0.717, 1.165) is 18.5 Å². The molecule has 0 aliphatic carbocycles. The smallest absolute Gasteiger partial charge is 0.409 e. The Bertz CT molecular complexity index is 428. The molecular formula is C16H24N2O3. The van der Waals surface area contributed by atoms with Gasteiger partial charge in [-0.2, -0.15) is 0 Å². The maximum absolute atomic E-state index is 11.8. The van der Waals surface area contributed by atoms with Crippen molar-refractivity contribution in [2.75, 3.05) is 25.0 Å². The normalized spacial score (nSPS) is 10.0. The van der Waals surface area contributed by atoms with Crippen LogP contribution >= 0.6 is 0 Å². The van der Waals surface area contributed by atoms with E-state index in [9.17, 15) is 9.59 Å². The van der Waals surface area contributed by atoms with Crippen LogP contribution in [0.1, 0.15) is 33.1 Å². The van der Waals surface area contributed by atoms with E-state index in [2.05, 4.69) is 5.32 Å². The Kier molecular flexibility index (Phi) is 7.94. The first-order valence-electron chi connectivity index (χ1n) is 7.44. The van der Waals surface area contributed by atoms with E-state index in [-0.39, 0.29) is 25.0 Å². The molecule has 2 amide bonds. The van der Waals surface area contributed by atoms with Gasteiger partial charge in [0.2, 0.25) is 5.91 Å². The summed E-state index contributed by atoms with van der Waals surface area (Å²) in [6.07, 6.45) is 1.60. The van der Waals surface area contributed by atoms with E-state index >= 15 is 0 Å². The van der Waals surface area contributed by atoms with Gasteiger partial charge in [-0.05, 0) is 25.0 Å². The summed E-state index contributed by atoms with van der Waals surface area (Å²) in [7, 11) is 0. The van der Waals surface area contributed by atoms with Gasteiger partial charge in [-0.25, -0.2) is 4.79 Å². The SMILES string of the molecule is CCCN(CCC)C(=O)OCCC(=O)Nc1ccccc1. The lowest BCUT2D eigenvalue weighted by Crippen LogP contribution is -2.33. The third-order valence-electron chi connectivity index (χ3n) is 2.86. The largest absolute Gasteiger partial charge is 0.449 e. The number of benzene rings is 1. The number of carbonyl (C=O) groups is 2. The highest BCUT2D eigenvalue weighted by Crippen LogP contribution is 2.05. The summed E-state index contributed by atoms with van der Waals surface area (Å²) in [6.45, 7) is 5.50. The minimum absolute atomic E-state index is 0.0986. The molecule has 5 nitrogen and oxygen atoms in total. The highest BCUT2D eigenvalue weighted by Gasteiger charge is 2.13. The number of para-hydroxylation sites is 1. The lowest BCUT2D eigenvalue weighted by Gasteiger charge is -2.20. The van der Waals surface area contributed by atoms with E-state index in [1.54, 1.807) is 4.90 Å². The molecule has 1 rings (SSSR count). The molecule has 1 aromatic rings. The van der Waals surface area contributed by atoms with Crippen LogP contribution in [0, 0.1) is 0 Å². The molecule has 0 saturated heterocycles. The summed E-state index contributed by atoms with van der Waals surface area (Å²) < 4.78 is 5.14. The lowest BCUT2D eigenvalue weighted by molar-refractivity contribution is -0.116. The fraction of sp³-hybridized carbons (Fsp3) is 0.500. The third kappa shape index (κ3) is 6.79. The lowest BCUT2D eigenvalue weighted by atomic mass is 10.3. The monoisotopic (exact) mass is 292 g/mol. The van der Waals surface area contributed by atoms with E-state index < -0.39 is 0 Å². The van der Waals surface area contributed by atoms with Crippen LogP contribution < -0.4 is 5.32 Å². The van der Waals surface area contributed by atoms with Gasteiger partial charge in [0.05, 0.1) is 6.42 Å². The van der Waals surface area contributed by atoms with Gasteiger partial charge in [-0.15, -0.1) is 0 Å². The van der Waals surface area contributed by atoms with Crippen molar-refractivity contribution in [3.05, 3.63) is 30.3 Å². The van der Waals surface area contributed by atoms with Crippen LogP contribution in [0.4, 0.5) is 10.5 Å². The summed E-state index contributed by atoms with van der Waals surface area (Å²) in [5, 5.41) is 2.75. The number of hydrogen-bond acceptors (Lipinski definition) is 3. The highest BCUT2D eigenvalue weighted by atomic mass is 16.6. The molecule has 0 saturated carbocycles. The van der Waals surface area contributed by atoms with Gasteiger partial charge in [-0.3, -0.25) is 4.79 Å². The Morgan fingerprint density at radius 2 is 1.71 bits per heavy atom. The molecule has 5 heteroatoms. The van der Waals surface area contributed by atoms with Gasteiger partial charge >= 0.3 is 6.09 Å². The van der Waals surface area contributed by atoms with Crippen LogP contribution in [-0.2, 0) is 9.53 Å². The first-order chi connectivity index (χ1) is 10.2. The van der Waals surface area contributed by atoms with Crippen molar-refractivity contribution in [2.24, 2.45) is 0 Å². The Morgan fingerprint density at radius 1 is 1.10 bits per heavy atom.